The van der Waals surface area contributed by atoms with E-state index in [-0.39, 0.29) is 20.1 Å². The summed E-state index contributed by atoms with van der Waals surface area (Å²) in [4.78, 5) is 0. The third-order valence-corrected chi connectivity index (χ3v) is 5.16. The highest BCUT2D eigenvalue weighted by molar-refractivity contribution is 6.53. The minimum absolute atomic E-state index is 0.151. The van der Waals surface area contributed by atoms with Crippen molar-refractivity contribution in [2.45, 2.75) is 0 Å². The lowest BCUT2D eigenvalue weighted by Crippen LogP contribution is -1.86. The van der Waals surface area contributed by atoms with Crippen molar-refractivity contribution < 1.29 is 0 Å². The van der Waals surface area contributed by atoms with Crippen LogP contribution in [-0.4, -0.2) is 0 Å². The number of halogens is 7. The maximum Gasteiger partial charge on any atom is 0.0800 e. The van der Waals surface area contributed by atoms with Gasteiger partial charge in [0.1, 0.15) is 0 Å². The summed E-state index contributed by atoms with van der Waals surface area (Å²) in [5.41, 5.74) is 1.04. The van der Waals surface area contributed by atoms with E-state index in [4.69, 9.17) is 81.2 Å². The molecular formula is C12H3Cl7. The molecular weight excluding hydrogens is 392 g/mol. The van der Waals surface area contributed by atoms with Crippen LogP contribution in [-0.2, 0) is 0 Å². The van der Waals surface area contributed by atoms with Crippen LogP contribution < -0.4 is 0 Å². The Hall–Kier alpha value is 0.470. The van der Waals surface area contributed by atoms with Gasteiger partial charge in [0.25, 0.3) is 0 Å². The Balaban J connectivity index is 2.80. The Morgan fingerprint density at radius 1 is 0.474 bits per heavy atom. The van der Waals surface area contributed by atoms with Gasteiger partial charge in [-0.25, -0.2) is 0 Å². The summed E-state index contributed by atoms with van der Waals surface area (Å²) < 4.78 is 0. The highest BCUT2D eigenvalue weighted by Crippen LogP contribution is 2.45. The molecule has 7 heteroatoms. The van der Waals surface area contributed by atoms with Crippen LogP contribution in [0.25, 0.3) is 11.1 Å². The van der Waals surface area contributed by atoms with Crippen LogP contribution in [0.15, 0.2) is 18.2 Å². The normalized spacial score (nSPS) is 10.9. The van der Waals surface area contributed by atoms with E-state index in [1.807, 2.05) is 0 Å². The smallest absolute Gasteiger partial charge is 0.0800 e. The zero-order chi connectivity index (χ0) is 14.3. The summed E-state index contributed by atoms with van der Waals surface area (Å²) >= 11 is 42.2. The second-order valence-corrected chi connectivity index (χ2v) is 6.36. The van der Waals surface area contributed by atoms with Crippen LogP contribution in [0, 0.1) is 0 Å². The predicted molar refractivity (Wildman–Crippen MR) is 86.9 cm³/mol. The van der Waals surface area contributed by atoms with Crippen LogP contribution in [0.1, 0.15) is 0 Å². The molecule has 0 aromatic heterocycles. The predicted octanol–water partition coefficient (Wildman–Crippen LogP) is 7.93. The highest BCUT2D eigenvalue weighted by Gasteiger charge is 2.18. The van der Waals surface area contributed by atoms with Gasteiger partial charge in [0.05, 0.1) is 30.1 Å². The molecule has 2 aromatic carbocycles. The van der Waals surface area contributed by atoms with Gasteiger partial charge in [-0.15, -0.1) is 0 Å². The average molecular weight is 395 g/mol. The van der Waals surface area contributed by atoms with E-state index in [1.54, 1.807) is 12.1 Å². The first-order valence-corrected chi connectivity index (χ1v) is 7.45. The third kappa shape index (κ3) is 3.06. The van der Waals surface area contributed by atoms with E-state index in [2.05, 4.69) is 0 Å². The van der Waals surface area contributed by atoms with E-state index < -0.39 is 0 Å². The van der Waals surface area contributed by atoms with E-state index >= 15 is 0 Å². The Kier molecular flexibility index (Phi) is 5.07. The molecule has 0 nitrogen and oxygen atoms in total. The van der Waals surface area contributed by atoms with Gasteiger partial charge >= 0.3 is 0 Å². The molecule has 0 spiro atoms. The van der Waals surface area contributed by atoms with E-state index in [1.165, 1.54) is 6.07 Å². The van der Waals surface area contributed by atoms with Gasteiger partial charge in [0, 0.05) is 16.1 Å². The van der Waals surface area contributed by atoms with Crippen molar-refractivity contribution in [3.63, 3.8) is 0 Å². The molecule has 0 atom stereocenters. The van der Waals surface area contributed by atoms with Gasteiger partial charge in [-0.1, -0.05) is 81.2 Å². The zero-order valence-electron chi connectivity index (χ0n) is 8.88. The van der Waals surface area contributed by atoms with Gasteiger partial charge in [-0.05, 0) is 18.2 Å². The van der Waals surface area contributed by atoms with Gasteiger partial charge in [-0.2, -0.15) is 0 Å². The number of hydrogen-bond acceptors (Lipinski definition) is 0. The van der Waals surface area contributed by atoms with Crippen molar-refractivity contribution >= 4 is 81.2 Å². The summed E-state index contributed by atoms with van der Waals surface area (Å²) in [5.74, 6) is 0. The van der Waals surface area contributed by atoms with Crippen molar-refractivity contribution in [1.82, 2.24) is 0 Å². The summed E-state index contributed by atoms with van der Waals surface area (Å²) in [7, 11) is 0. The summed E-state index contributed by atoms with van der Waals surface area (Å²) in [5, 5.41) is 1.86. The van der Waals surface area contributed by atoms with Crippen molar-refractivity contribution in [2.75, 3.05) is 0 Å². The maximum atomic E-state index is 6.16. The monoisotopic (exact) mass is 392 g/mol. The number of benzene rings is 2. The molecule has 100 valence electrons. The Morgan fingerprint density at radius 3 is 1.63 bits per heavy atom. The molecule has 2 rings (SSSR count). The molecule has 0 radical (unpaired) electrons. The van der Waals surface area contributed by atoms with Crippen molar-refractivity contribution in [3.8, 4) is 11.1 Å². The molecule has 0 saturated carbocycles. The van der Waals surface area contributed by atoms with Crippen LogP contribution in [0.3, 0.4) is 0 Å². The molecule has 0 N–H and O–H groups in total. The van der Waals surface area contributed by atoms with Crippen LogP contribution >= 0.6 is 81.2 Å². The van der Waals surface area contributed by atoms with Crippen molar-refractivity contribution in [2.24, 2.45) is 0 Å². The first-order chi connectivity index (χ1) is 8.82. The molecule has 0 aliphatic heterocycles. The quantitative estimate of drug-likeness (QED) is 0.340. The van der Waals surface area contributed by atoms with Gasteiger partial charge in [0.2, 0.25) is 0 Å². The maximum absolute atomic E-state index is 6.16. The molecule has 0 unspecified atom stereocenters. The lowest BCUT2D eigenvalue weighted by Gasteiger charge is -2.12. The fourth-order valence-corrected chi connectivity index (χ4v) is 3.13. The first-order valence-electron chi connectivity index (χ1n) is 4.80. The SMILES string of the molecule is Clc1cc(Cl)c(Cl)c(-c2cc(Cl)c(Cl)c(Cl)c2Cl)c1. The van der Waals surface area contributed by atoms with Gasteiger partial charge in [0.15, 0.2) is 0 Å². The Labute approximate surface area is 145 Å². The standard InChI is InChI=1S/C12H3Cl7/c13-4-1-5(9(16)7(14)2-4)6-3-8(15)11(18)12(19)10(6)17/h1-3H. The fourth-order valence-electron chi connectivity index (χ4n) is 1.52. The molecule has 0 aliphatic carbocycles. The lowest BCUT2D eigenvalue weighted by molar-refractivity contribution is 1.61. The van der Waals surface area contributed by atoms with Crippen LogP contribution in [0.2, 0.25) is 35.2 Å². The summed E-state index contributed by atoms with van der Waals surface area (Å²) in [6.07, 6.45) is 0. The largest absolute Gasteiger partial charge is 0.0843 e. The minimum atomic E-state index is 0.151. The van der Waals surface area contributed by atoms with Crippen LogP contribution in [0.5, 0.6) is 0 Å². The van der Waals surface area contributed by atoms with E-state index in [9.17, 15) is 0 Å². The summed E-state index contributed by atoms with van der Waals surface area (Å²) in [6.45, 7) is 0. The summed E-state index contributed by atoms with van der Waals surface area (Å²) in [6, 6.07) is 4.71. The highest BCUT2D eigenvalue weighted by atomic mass is 35.5. The molecule has 0 bridgehead atoms. The first kappa shape index (κ1) is 15.9. The third-order valence-electron chi connectivity index (χ3n) is 2.39. The molecule has 0 fully saturated rings. The van der Waals surface area contributed by atoms with Crippen LogP contribution in [0.4, 0.5) is 0 Å². The van der Waals surface area contributed by atoms with E-state index in [0.717, 1.165) is 0 Å². The fraction of sp³-hybridized carbons (Fsp3) is 0. The Morgan fingerprint density at radius 2 is 1.00 bits per heavy atom. The molecule has 2 aromatic rings. The van der Waals surface area contributed by atoms with Gasteiger partial charge in [-0.3, -0.25) is 0 Å². The number of hydrogen-bond donors (Lipinski definition) is 0. The molecule has 19 heavy (non-hydrogen) atoms. The average Bonchev–Trinajstić information content (AvgIpc) is 2.36. The lowest BCUT2D eigenvalue weighted by atomic mass is 10.1. The van der Waals surface area contributed by atoms with Crippen molar-refractivity contribution in [1.29, 1.82) is 0 Å². The second kappa shape index (κ2) is 6.07. The molecule has 0 aliphatic rings. The molecule has 0 amide bonds. The Bertz CT molecular complexity index is 664. The number of rotatable bonds is 1. The second-order valence-electron chi connectivity index (χ2n) is 3.60. The molecule has 0 saturated heterocycles. The minimum Gasteiger partial charge on any atom is -0.0843 e. The van der Waals surface area contributed by atoms with Crippen molar-refractivity contribution in [3.05, 3.63) is 53.4 Å². The zero-order valence-corrected chi connectivity index (χ0v) is 14.2. The van der Waals surface area contributed by atoms with Gasteiger partial charge < -0.3 is 0 Å². The molecule has 0 heterocycles. The topological polar surface area (TPSA) is 0 Å². The van der Waals surface area contributed by atoms with E-state index in [0.29, 0.717) is 26.2 Å².